The molecule has 1 N–H and O–H groups in total. The van der Waals surface area contributed by atoms with Crippen LogP contribution in [0.25, 0.3) is 11.1 Å². The molecule has 0 aliphatic heterocycles. The Labute approximate surface area is 62.5 Å². The summed E-state index contributed by atoms with van der Waals surface area (Å²) in [6.45, 7) is 0. The van der Waals surface area contributed by atoms with Crippen LogP contribution in [0.1, 0.15) is 0 Å². The van der Waals surface area contributed by atoms with Gasteiger partial charge in [-0.2, -0.15) is 16.4 Å². The second-order valence-electron chi connectivity index (χ2n) is 2.00. The summed E-state index contributed by atoms with van der Waals surface area (Å²) in [5, 5.41) is 10.8. The first kappa shape index (κ1) is 5.68. The van der Waals surface area contributed by atoms with E-state index in [0.717, 1.165) is 5.56 Å². The summed E-state index contributed by atoms with van der Waals surface area (Å²) < 4.78 is 0. The molecule has 0 amide bonds. The first-order valence-corrected chi connectivity index (χ1v) is 3.92. The normalized spacial score (nSPS) is 10.0. The first-order chi connectivity index (χ1) is 4.97. The monoisotopic (exact) mass is 150 g/mol. The van der Waals surface area contributed by atoms with Crippen molar-refractivity contribution < 1.29 is 0 Å². The number of aromatic nitrogens is 2. The van der Waals surface area contributed by atoms with Gasteiger partial charge in [0, 0.05) is 11.8 Å². The van der Waals surface area contributed by atoms with E-state index in [-0.39, 0.29) is 0 Å². The van der Waals surface area contributed by atoms with Crippen LogP contribution < -0.4 is 0 Å². The Hall–Kier alpha value is -1.09. The van der Waals surface area contributed by atoms with E-state index >= 15 is 0 Å². The summed E-state index contributed by atoms with van der Waals surface area (Å²) in [5.41, 5.74) is 2.39. The smallest absolute Gasteiger partial charge is 0.0566 e. The van der Waals surface area contributed by atoms with Gasteiger partial charge in [-0.05, 0) is 22.4 Å². The van der Waals surface area contributed by atoms with Gasteiger partial charge < -0.3 is 0 Å². The molecular weight excluding hydrogens is 144 g/mol. The zero-order valence-corrected chi connectivity index (χ0v) is 6.06. The second kappa shape index (κ2) is 2.27. The lowest BCUT2D eigenvalue weighted by molar-refractivity contribution is 1.09. The van der Waals surface area contributed by atoms with Gasteiger partial charge >= 0.3 is 0 Å². The molecule has 2 aromatic rings. The molecule has 2 aromatic heterocycles. The molecular formula is C7H6N2S. The van der Waals surface area contributed by atoms with Crippen LogP contribution in [0.15, 0.2) is 29.2 Å². The number of thiophene rings is 1. The minimum atomic E-state index is 1.15. The number of aromatic amines is 1. The lowest BCUT2D eigenvalue weighted by atomic mass is 10.2. The Morgan fingerprint density at radius 2 is 2.40 bits per heavy atom. The highest BCUT2D eigenvalue weighted by molar-refractivity contribution is 7.08. The van der Waals surface area contributed by atoms with Gasteiger partial charge in [0.1, 0.15) is 0 Å². The first-order valence-electron chi connectivity index (χ1n) is 2.98. The Kier molecular flexibility index (Phi) is 1.29. The molecule has 0 radical (unpaired) electrons. The fraction of sp³-hybridized carbons (Fsp3) is 0. The van der Waals surface area contributed by atoms with Crippen molar-refractivity contribution >= 4 is 11.3 Å². The molecule has 0 bridgehead atoms. The standard InChI is InChI=1S/C7H6N2S/c1-2-10-5-6(1)7-3-8-9-4-7/h1-5H,(H,8,9). The predicted molar refractivity (Wildman–Crippen MR) is 41.9 cm³/mol. The van der Waals surface area contributed by atoms with E-state index in [1.807, 2.05) is 12.4 Å². The summed E-state index contributed by atoms with van der Waals surface area (Å²) in [7, 11) is 0. The second-order valence-corrected chi connectivity index (χ2v) is 2.78. The van der Waals surface area contributed by atoms with E-state index < -0.39 is 0 Å². The lowest BCUT2D eigenvalue weighted by Gasteiger charge is -1.84. The highest BCUT2D eigenvalue weighted by atomic mass is 32.1. The summed E-state index contributed by atoms with van der Waals surface area (Å²) in [4.78, 5) is 0. The van der Waals surface area contributed by atoms with Crippen molar-refractivity contribution in [1.82, 2.24) is 10.2 Å². The molecule has 0 unspecified atom stereocenters. The number of H-pyrrole nitrogens is 1. The lowest BCUT2D eigenvalue weighted by Crippen LogP contribution is -1.62. The molecule has 10 heavy (non-hydrogen) atoms. The van der Waals surface area contributed by atoms with E-state index in [1.165, 1.54) is 5.56 Å². The molecule has 2 nitrogen and oxygen atoms in total. The number of nitrogens with zero attached hydrogens (tertiary/aromatic N) is 1. The van der Waals surface area contributed by atoms with E-state index in [2.05, 4.69) is 27.0 Å². The fourth-order valence-corrected chi connectivity index (χ4v) is 1.50. The van der Waals surface area contributed by atoms with Crippen molar-refractivity contribution in [2.24, 2.45) is 0 Å². The number of hydrogen-bond acceptors (Lipinski definition) is 2. The van der Waals surface area contributed by atoms with Gasteiger partial charge in [-0.1, -0.05) is 0 Å². The van der Waals surface area contributed by atoms with Crippen molar-refractivity contribution in [3.8, 4) is 11.1 Å². The minimum absolute atomic E-state index is 1.15. The Balaban J connectivity index is 2.48. The number of nitrogens with one attached hydrogen (secondary N) is 1. The molecule has 0 atom stereocenters. The van der Waals surface area contributed by atoms with Gasteiger partial charge in [0.2, 0.25) is 0 Å². The summed E-state index contributed by atoms with van der Waals surface area (Å²) in [6.07, 6.45) is 3.71. The van der Waals surface area contributed by atoms with Crippen LogP contribution >= 0.6 is 11.3 Å². The zero-order chi connectivity index (χ0) is 6.81. The van der Waals surface area contributed by atoms with E-state index in [0.29, 0.717) is 0 Å². The van der Waals surface area contributed by atoms with E-state index in [4.69, 9.17) is 0 Å². The van der Waals surface area contributed by atoms with Crippen molar-refractivity contribution in [1.29, 1.82) is 0 Å². The minimum Gasteiger partial charge on any atom is -0.285 e. The highest BCUT2D eigenvalue weighted by Crippen LogP contribution is 2.19. The quantitative estimate of drug-likeness (QED) is 0.662. The highest BCUT2D eigenvalue weighted by Gasteiger charge is 1.95. The molecule has 50 valence electrons. The molecule has 2 rings (SSSR count). The predicted octanol–water partition coefficient (Wildman–Crippen LogP) is 2.14. The molecule has 0 aromatic carbocycles. The van der Waals surface area contributed by atoms with Gasteiger partial charge in [0.15, 0.2) is 0 Å². The van der Waals surface area contributed by atoms with E-state index in [1.54, 1.807) is 11.3 Å². The third kappa shape index (κ3) is 0.844. The average molecular weight is 150 g/mol. The SMILES string of the molecule is c1cc(-c2cn[nH]c2)cs1. The fourth-order valence-electron chi connectivity index (χ4n) is 0.837. The Morgan fingerprint density at radius 1 is 1.40 bits per heavy atom. The topological polar surface area (TPSA) is 28.7 Å². The van der Waals surface area contributed by atoms with Crippen LogP contribution in [0, 0.1) is 0 Å². The molecule has 2 heterocycles. The zero-order valence-electron chi connectivity index (χ0n) is 5.24. The summed E-state index contributed by atoms with van der Waals surface area (Å²) in [6, 6.07) is 2.08. The summed E-state index contributed by atoms with van der Waals surface area (Å²) in [5.74, 6) is 0. The largest absolute Gasteiger partial charge is 0.285 e. The van der Waals surface area contributed by atoms with Crippen LogP contribution in [0.3, 0.4) is 0 Å². The maximum absolute atomic E-state index is 3.86. The van der Waals surface area contributed by atoms with Gasteiger partial charge in [-0.15, -0.1) is 0 Å². The van der Waals surface area contributed by atoms with Crippen LogP contribution in [-0.4, -0.2) is 10.2 Å². The Morgan fingerprint density at radius 3 is 3.00 bits per heavy atom. The third-order valence-corrected chi connectivity index (χ3v) is 2.04. The van der Waals surface area contributed by atoms with E-state index in [9.17, 15) is 0 Å². The van der Waals surface area contributed by atoms with Gasteiger partial charge in [-0.3, -0.25) is 5.10 Å². The number of hydrogen-bond donors (Lipinski definition) is 1. The summed E-state index contributed by atoms with van der Waals surface area (Å²) >= 11 is 1.70. The van der Waals surface area contributed by atoms with Gasteiger partial charge in [0.25, 0.3) is 0 Å². The molecule has 0 aliphatic carbocycles. The van der Waals surface area contributed by atoms with Crippen LogP contribution in [0.5, 0.6) is 0 Å². The van der Waals surface area contributed by atoms with Crippen LogP contribution in [-0.2, 0) is 0 Å². The van der Waals surface area contributed by atoms with Crippen molar-refractivity contribution in [3.05, 3.63) is 29.2 Å². The molecule has 0 spiro atoms. The van der Waals surface area contributed by atoms with Gasteiger partial charge in [-0.25, -0.2) is 0 Å². The molecule has 0 saturated carbocycles. The molecule has 0 saturated heterocycles. The van der Waals surface area contributed by atoms with Gasteiger partial charge in [0.05, 0.1) is 6.20 Å². The van der Waals surface area contributed by atoms with Crippen molar-refractivity contribution in [2.45, 2.75) is 0 Å². The third-order valence-electron chi connectivity index (χ3n) is 1.35. The van der Waals surface area contributed by atoms with Crippen LogP contribution in [0.2, 0.25) is 0 Å². The number of rotatable bonds is 1. The average Bonchev–Trinajstić information content (AvgIpc) is 2.59. The Bertz CT molecular complexity index is 251. The molecule has 0 aliphatic rings. The van der Waals surface area contributed by atoms with Crippen molar-refractivity contribution in [2.75, 3.05) is 0 Å². The maximum atomic E-state index is 3.86. The van der Waals surface area contributed by atoms with Crippen LogP contribution in [0.4, 0.5) is 0 Å². The molecule has 3 heteroatoms. The maximum Gasteiger partial charge on any atom is 0.0566 e. The molecule has 0 fully saturated rings. The van der Waals surface area contributed by atoms with Crippen molar-refractivity contribution in [3.63, 3.8) is 0 Å².